The molecule has 0 bridgehead atoms. The van der Waals surface area contributed by atoms with Crippen molar-refractivity contribution in [3.63, 3.8) is 0 Å². The van der Waals surface area contributed by atoms with E-state index in [1.807, 2.05) is 64.1 Å². The predicted octanol–water partition coefficient (Wildman–Crippen LogP) is 5.42. The fraction of sp³-hybridized carbons (Fsp3) is 0.391. The number of amides is 1. The molecule has 6 nitrogen and oxygen atoms in total. The fourth-order valence-corrected chi connectivity index (χ4v) is 3.99. The summed E-state index contributed by atoms with van der Waals surface area (Å²) in [6.07, 6.45) is -0.371. The molecule has 1 aromatic heterocycles. The Kier molecular flexibility index (Phi) is 5.47. The molecule has 4 rings (SSSR count). The van der Waals surface area contributed by atoms with E-state index in [-0.39, 0.29) is 18.2 Å². The fourth-order valence-electron chi connectivity index (χ4n) is 3.78. The van der Waals surface area contributed by atoms with Crippen molar-refractivity contribution in [3.8, 4) is 11.1 Å². The van der Waals surface area contributed by atoms with Crippen molar-refractivity contribution in [2.75, 3.05) is 13.1 Å². The van der Waals surface area contributed by atoms with Gasteiger partial charge < -0.3 is 14.5 Å². The van der Waals surface area contributed by atoms with Gasteiger partial charge in [-0.25, -0.2) is 9.78 Å². The number of halogens is 1. The second kappa shape index (κ2) is 7.93. The maximum absolute atomic E-state index is 12.9. The number of carbonyl (C=O) groups is 1. The van der Waals surface area contributed by atoms with Crippen LogP contribution in [0.2, 0.25) is 5.02 Å². The van der Waals surface area contributed by atoms with E-state index in [4.69, 9.17) is 25.7 Å². The van der Waals surface area contributed by atoms with Crippen molar-refractivity contribution < 1.29 is 13.9 Å². The average molecular weight is 428 g/mol. The Morgan fingerprint density at radius 2 is 2.00 bits per heavy atom. The quantitative estimate of drug-likeness (QED) is 0.591. The number of nitrogens with zero attached hydrogens (tertiary/aromatic N) is 2. The van der Waals surface area contributed by atoms with Crippen LogP contribution in [0.1, 0.15) is 39.6 Å². The Hall–Kier alpha value is -2.57. The largest absolute Gasteiger partial charge is 0.444 e. The first-order valence-corrected chi connectivity index (χ1v) is 10.5. The zero-order valence-corrected chi connectivity index (χ0v) is 18.4. The van der Waals surface area contributed by atoms with E-state index in [9.17, 15) is 4.79 Å². The topological polar surface area (TPSA) is 67.6 Å². The normalized spacial score (nSPS) is 19.8. The summed E-state index contributed by atoms with van der Waals surface area (Å²) in [5, 5.41) is 3.99. The van der Waals surface area contributed by atoms with Crippen molar-refractivity contribution in [3.05, 3.63) is 53.4 Å². The van der Waals surface area contributed by atoms with Crippen LogP contribution in [0.15, 0.2) is 46.9 Å². The van der Waals surface area contributed by atoms with Crippen LogP contribution in [0.5, 0.6) is 0 Å². The van der Waals surface area contributed by atoms with Gasteiger partial charge in [-0.2, -0.15) is 0 Å². The molecule has 1 fully saturated rings. The third-order valence-corrected chi connectivity index (χ3v) is 5.28. The zero-order chi connectivity index (χ0) is 21.5. The first-order valence-electron chi connectivity index (χ1n) is 10.1. The Bertz CT molecular complexity index is 1060. The number of rotatable bonds is 2. The molecule has 30 heavy (non-hydrogen) atoms. The van der Waals surface area contributed by atoms with Crippen molar-refractivity contribution in [2.24, 2.45) is 0 Å². The Morgan fingerprint density at radius 1 is 1.27 bits per heavy atom. The highest BCUT2D eigenvalue weighted by Gasteiger charge is 2.38. The Morgan fingerprint density at radius 3 is 2.70 bits per heavy atom. The van der Waals surface area contributed by atoms with Crippen LogP contribution < -0.4 is 5.32 Å². The smallest absolute Gasteiger partial charge is 0.411 e. The van der Waals surface area contributed by atoms with E-state index in [0.29, 0.717) is 35.1 Å². The number of hydrogen-bond acceptors (Lipinski definition) is 5. The molecule has 1 aliphatic rings. The van der Waals surface area contributed by atoms with Gasteiger partial charge in [0.2, 0.25) is 5.89 Å². The SMILES string of the molecule is CC1NCCN(C(=O)OC(C)(C)C)[C@@H]1c1nc2cc(Cl)cc(-c3ccccc3)c2o1. The number of nitrogens with one attached hydrogen (secondary N) is 1. The van der Waals surface area contributed by atoms with Gasteiger partial charge in [0.25, 0.3) is 0 Å². The number of hydrogen-bond donors (Lipinski definition) is 1. The molecule has 1 amide bonds. The molecular formula is C23H26ClN3O3. The van der Waals surface area contributed by atoms with Crippen molar-refractivity contribution >= 4 is 28.8 Å². The summed E-state index contributed by atoms with van der Waals surface area (Å²) in [5.41, 5.74) is 2.61. The van der Waals surface area contributed by atoms with Gasteiger partial charge in [-0.05, 0) is 45.4 Å². The van der Waals surface area contributed by atoms with Crippen LogP contribution in [0, 0.1) is 0 Å². The van der Waals surface area contributed by atoms with E-state index in [2.05, 4.69) is 5.32 Å². The van der Waals surface area contributed by atoms with Crippen LogP contribution in [-0.4, -0.2) is 40.7 Å². The first-order chi connectivity index (χ1) is 14.2. The third-order valence-electron chi connectivity index (χ3n) is 5.07. The third kappa shape index (κ3) is 4.16. The minimum absolute atomic E-state index is 0.0463. The minimum Gasteiger partial charge on any atom is -0.444 e. The number of benzene rings is 2. The van der Waals surface area contributed by atoms with Gasteiger partial charge in [0.05, 0.1) is 0 Å². The molecule has 1 N–H and O–H groups in total. The van der Waals surface area contributed by atoms with E-state index < -0.39 is 5.60 Å². The lowest BCUT2D eigenvalue weighted by Gasteiger charge is -2.39. The van der Waals surface area contributed by atoms with Gasteiger partial charge in [0.15, 0.2) is 5.58 Å². The number of ether oxygens (including phenoxy) is 1. The van der Waals surface area contributed by atoms with Crippen LogP contribution in [0.25, 0.3) is 22.2 Å². The summed E-state index contributed by atoms with van der Waals surface area (Å²) in [4.78, 5) is 19.3. The Balaban J connectivity index is 1.78. The summed E-state index contributed by atoms with van der Waals surface area (Å²) in [6.45, 7) is 8.78. The molecular weight excluding hydrogens is 402 g/mol. The van der Waals surface area contributed by atoms with Gasteiger partial charge in [-0.1, -0.05) is 41.9 Å². The molecule has 2 heterocycles. The second-order valence-corrected chi connectivity index (χ2v) is 9.02. The van der Waals surface area contributed by atoms with Gasteiger partial charge in [-0.15, -0.1) is 0 Å². The van der Waals surface area contributed by atoms with Crippen LogP contribution >= 0.6 is 11.6 Å². The zero-order valence-electron chi connectivity index (χ0n) is 17.6. The number of carbonyl (C=O) groups excluding carboxylic acids is 1. The van der Waals surface area contributed by atoms with Crippen LogP contribution in [-0.2, 0) is 4.74 Å². The lowest BCUT2D eigenvalue weighted by atomic mass is 10.1. The van der Waals surface area contributed by atoms with Crippen molar-refractivity contribution in [1.29, 1.82) is 0 Å². The molecule has 1 aliphatic heterocycles. The van der Waals surface area contributed by atoms with E-state index in [1.165, 1.54) is 0 Å². The summed E-state index contributed by atoms with van der Waals surface area (Å²) in [6, 6.07) is 13.1. The molecule has 7 heteroatoms. The highest BCUT2D eigenvalue weighted by molar-refractivity contribution is 6.31. The van der Waals surface area contributed by atoms with Gasteiger partial charge in [0.1, 0.15) is 17.2 Å². The van der Waals surface area contributed by atoms with Crippen LogP contribution in [0.4, 0.5) is 4.79 Å². The predicted molar refractivity (Wildman–Crippen MR) is 118 cm³/mol. The van der Waals surface area contributed by atoms with Gasteiger partial charge in [-0.3, -0.25) is 4.90 Å². The van der Waals surface area contributed by atoms with Gasteiger partial charge in [0, 0.05) is 29.7 Å². The molecule has 2 atom stereocenters. The standard InChI is InChI=1S/C23H26ClN3O3/c1-14-19(27(11-10-25-14)22(28)30-23(2,3)4)21-26-18-13-16(24)12-17(20(18)29-21)15-8-6-5-7-9-15/h5-9,12-14,19,25H,10-11H2,1-4H3/t14?,19-/m0/s1. The molecule has 0 spiro atoms. The number of fused-ring (bicyclic) bond motifs is 1. The van der Waals surface area contributed by atoms with E-state index >= 15 is 0 Å². The lowest BCUT2D eigenvalue weighted by Crippen LogP contribution is -2.54. The van der Waals surface area contributed by atoms with Crippen molar-refractivity contribution in [1.82, 2.24) is 15.2 Å². The van der Waals surface area contributed by atoms with Crippen LogP contribution in [0.3, 0.4) is 0 Å². The number of piperazine rings is 1. The molecule has 0 aliphatic carbocycles. The highest BCUT2D eigenvalue weighted by atomic mass is 35.5. The average Bonchev–Trinajstić information content (AvgIpc) is 3.09. The summed E-state index contributed by atoms with van der Waals surface area (Å²) in [5.74, 6) is 0.468. The summed E-state index contributed by atoms with van der Waals surface area (Å²) in [7, 11) is 0. The molecule has 2 aromatic carbocycles. The van der Waals surface area contributed by atoms with Crippen molar-refractivity contribution in [2.45, 2.75) is 45.4 Å². The minimum atomic E-state index is -0.578. The molecule has 0 radical (unpaired) electrons. The van der Waals surface area contributed by atoms with E-state index in [1.54, 1.807) is 11.0 Å². The molecule has 1 unspecified atom stereocenters. The number of oxazole rings is 1. The molecule has 158 valence electrons. The molecule has 0 saturated carbocycles. The maximum Gasteiger partial charge on any atom is 0.411 e. The molecule has 1 saturated heterocycles. The monoisotopic (exact) mass is 427 g/mol. The summed E-state index contributed by atoms with van der Waals surface area (Å²) >= 11 is 6.37. The second-order valence-electron chi connectivity index (χ2n) is 8.58. The Labute approximate surface area is 181 Å². The number of aromatic nitrogens is 1. The molecule has 3 aromatic rings. The highest BCUT2D eigenvalue weighted by Crippen LogP contribution is 2.36. The first kappa shape index (κ1) is 20.7. The summed E-state index contributed by atoms with van der Waals surface area (Å²) < 4.78 is 11.9. The lowest BCUT2D eigenvalue weighted by molar-refractivity contribution is 0.00267. The maximum atomic E-state index is 12.9. The van der Waals surface area contributed by atoms with E-state index in [0.717, 1.165) is 11.1 Å². The van der Waals surface area contributed by atoms with Gasteiger partial charge >= 0.3 is 6.09 Å².